The second-order valence-electron chi connectivity index (χ2n) is 7.13. The molecule has 0 saturated heterocycles. The van der Waals surface area contributed by atoms with Crippen LogP contribution in [0.1, 0.15) is 50.7 Å². The lowest BCUT2D eigenvalue weighted by Crippen LogP contribution is -2.37. The lowest BCUT2D eigenvalue weighted by atomic mass is 9.77. The Morgan fingerprint density at radius 1 is 1.40 bits per heavy atom. The van der Waals surface area contributed by atoms with E-state index in [-0.39, 0.29) is 17.4 Å². The quantitative estimate of drug-likeness (QED) is 0.867. The number of benzene rings is 1. The van der Waals surface area contributed by atoms with E-state index in [1.165, 1.54) is 11.1 Å². The second-order valence-corrected chi connectivity index (χ2v) is 7.13. The van der Waals surface area contributed by atoms with Crippen LogP contribution in [0.15, 0.2) is 24.3 Å². The summed E-state index contributed by atoms with van der Waals surface area (Å²) in [5, 5.41) is 3.02. The van der Waals surface area contributed by atoms with E-state index >= 15 is 0 Å². The normalized spacial score (nSPS) is 18.9. The largest absolute Gasteiger partial charge is 0.355 e. The van der Waals surface area contributed by atoms with Gasteiger partial charge in [0.2, 0.25) is 5.91 Å². The third-order valence-corrected chi connectivity index (χ3v) is 3.83. The van der Waals surface area contributed by atoms with Gasteiger partial charge in [-0.25, -0.2) is 0 Å². The molecule has 0 fully saturated rings. The van der Waals surface area contributed by atoms with E-state index in [9.17, 15) is 4.79 Å². The first-order chi connectivity index (χ1) is 9.35. The van der Waals surface area contributed by atoms with Crippen LogP contribution in [0.2, 0.25) is 0 Å². The highest BCUT2D eigenvalue weighted by Gasteiger charge is 2.26. The summed E-state index contributed by atoms with van der Waals surface area (Å²) in [6, 6.07) is 8.39. The maximum Gasteiger partial charge on any atom is 0.221 e. The molecule has 3 heteroatoms. The van der Waals surface area contributed by atoms with Crippen molar-refractivity contribution in [1.82, 2.24) is 5.32 Å². The number of carbonyl (C=O) groups is 1. The molecule has 3 nitrogen and oxygen atoms in total. The maximum atomic E-state index is 11.9. The van der Waals surface area contributed by atoms with Crippen LogP contribution in [0, 0.1) is 5.41 Å². The molecule has 2 atom stereocenters. The average molecular weight is 274 g/mol. The van der Waals surface area contributed by atoms with Crippen molar-refractivity contribution in [3.8, 4) is 0 Å². The van der Waals surface area contributed by atoms with Gasteiger partial charge in [0, 0.05) is 24.9 Å². The van der Waals surface area contributed by atoms with Crippen molar-refractivity contribution in [2.75, 3.05) is 6.54 Å². The molecule has 0 saturated carbocycles. The highest BCUT2D eigenvalue weighted by molar-refractivity contribution is 5.76. The molecule has 1 aromatic carbocycles. The molecule has 1 aromatic rings. The highest BCUT2D eigenvalue weighted by atomic mass is 16.1. The van der Waals surface area contributed by atoms with E-state index in [0.717, 1.165) is 19.4 Å². The number of carbonyl (C=O) groups excluding carboxylic acids is 1. The summed E-state index contributed by atoms with van der Waals surface area (Å²) in [4.78, 5) is 11.9. The molecule has 1 aliphatic rings. The Balaban J connectivity index is 1.72. The minimum Gasteiger partial charge on any atom is -0.355 e. The fourth-order valence-electron chi connectivity index (χ4n) is 2.95. The topological polar surface area (TPSA) is 55.1 Å². The molecule has 0 heterocycles. The summed E-state index contributed by atoms with van der Waals surface area (Å²) < 4.78 is 0. The Morgan fingerprint density at radius 3 is 2.75 bits per heavy atom. The van der Waals surface area contributed by atoms with Gasteiger partial charge in [-0.2, -0.15) is 0 Å². The fraction of sp³-hybridized carbons (Fsp3) is 0.588. The molecule has 0 aromatic heterocycles. The molecule has 0 spiro atoms. The van der Waals surface area contributed by atoms with E-state index in [1.54, 1.807) is 0 Å². The maximum absolute atomic E-state index is 11.9. The fourth-order valence-corrected chi connectivity index (χ4v) is 2.95. The first-order valence-electron chi connectivity index (χ1n) is 7.45. The Morgan fingerprint density at radius 2 is 2.10 bits per heavy atom. The smallest absolute Gasteiger partial charge is 0.221 e. The van der Waals surface area contributed by atoms with Gasteiger partial charge in [0.1, 0.15) is 0 Å². The Labute approximate surface area is 121 Å². The second kappa shape index (κ2) is 5.96. The van der Waals surface area contributed by atoms with Gasteiger partial charge in [-0.1, -0.05) is 45.0 Å². The van der Waals surface area contributed by atoms with Crippen molar-refractivity contribution in [3.05, 3.63) is 35.4 Å². The number of hydrogen-bond donors (Lipinski definition) is 2. The van der Waals surface area contributed by atoms with Gasteiger partial charge in [-0.15, -0.1) is 0 Å². The molecule has 0 aliphatic heterocycles. The number of amides is 1. The van der Waals surface area contributed by atoms with Crippen LogP contribution in [0.3, 0.4) is 0 Å². The zero-order valence-electron chi connectivity index (χ0n) is 12.8. The molecule has 1 aliphatic carbocycles. The van der Waals surface area contributed by atoms with Crippen LogP contribution < -0.4 is 11.1 Å². The van der Waals surface area contributed by atoms with Crippen LogP contribution in [0.5, 0.6) is 0 Å². The summed E-state index contributed by atoms with van der Waals surface area (Å²) in [5.41, 5.74) is 9.00. The molecule has 0 bridgehead atoms. The molecule has 1 amide bonds. The Bertz CT molecular complexity index is 476. The minimum absolute atomic E-state index is 0.0522. The third kappa shape index (κ3) is 4.07. The number of nitrogens with one attached hydrogen (secondary N) is 1. The summed E-state index contributed by atoms with van der Waals surface area (Å²) in [6.07, 6.45) is 2.36. The Kier molecular flexibility index (Phi) is 4.48. The van der Waals surface area contributed by atoms with Crippen molar-refractivity contribution >= 4 is 5.91 Å². The van der Waals surface area contributed by atoms with Gasteiger partial charge >= 0.3 is 0 Å². The van der Waals surface area contributed by atoms with Crippen molar-refractivity contribution in [1.29, 1.82) is 0 Å². The van der Waals surface area contributed by atoms with E-state index in [4.69, 9.17) is 5.73 Å². The Hall–Kier alpha value is -1.35. The predicted octanol–water partition coefficient (Wildman–Crippen LogP) is 2.60. The molecule has 20 heavy (non-hydrogen) atoms. The van der Waals surface area contributed by atoms with Crippen LogP contribution in [-0.4, -0.2) is 18.5 Å². The van der Waals surface area contributed by atoms with Gasteiger partial charge in [-0.05, 0) is 29.4 Å². The predicted molar refractivity (Wildman–Crippen MR) is 82.6 cm³/mol. The van der Waals surface area contributed by atoms with Crippen molar-refractivity contribution in [3.63, 3.8) is 0 Å². The molecule has 0 radical (unpaired) electrons. The third-order valence-electron chi connectivity index (χ3n) is 3.83. The molecule has 2 rings (SSSR count). The standard InChI is InChI=1S/C17H26N2O/c1-17(2,3)10-14(18)9-16(20)19-11-13-8-12-6-4-5-7-15(12)13/h4-7,13-14H,8-11,18H2,1-3H3,(H,19,20). The molecule has 2 unspecified atom stereocenters. The van der Waals surface area contributed by atoms with Gasteiger partial charge < -0.3 is 11.1 Å². The van der Waals surface area contributed by atoms with Crippen molar-refractivity contribution in [2.45, 2.75) is 52.0 Å². The summed E-state index contributed by atoms with van der Waals surface area (Å²) in [5.74, 6) is 0.556. The summed E-state index contributed by atoms with van der Waals surface area (Å²) in [6.45, 7) is 7.18. The van der Waals surface area contributed by atoms with Crippen molar-refractivity contribution in [2.24, 2.45) is 11.1 Å². The first kappa shape index (κ1) is 15.0. The summed E-state index contributed by atoms with van der Waals surface area (Å²) >= 11 is 0. The first-order valence-corrected chi connectivity index (χ1v) is 7.45. The number of hydrogen-bond acceptors (Lipinski definition) is 2. The van der Waals surface area contributed by atoms with Gasteiger partial charge in [0.05, 0.1) is 0 Å². The molecule has 110 valence electrons. The molecular formula is C17H26N2O. The molecular weight excluding hydrogens is 248 g/mol. The van der Waals surface area contributed by atoms with Crippen LogP contribution in [0.25, 0.3) is 0 Å². The number of rotatable bonds is 5. The van der Waals surface area contributed by atoms with Gasteiger partial charge in [0.25, 0.3) is 0 Å². The van der Waals surface area contributed by atoms with Crippen molar-refractivity contribution < 1.29 is 4.79 Å². The number of nitrogens with two attached hydrogens (primary N) is 1. The average Bonchev–Trinajstić information content (AvgIpc) is 2.27. The monoisotopic (exact) mass is 274 g/mol. The van der Waals surface area contributed by atoms with E-state index in [1.807, 2.05) is 0 Å². The lowest BCUT2D eigenvalue weighted by molar-refractivity contribution is -0.121. The summed E-state index contributed by atoms with van der Waals surface area (Å²) in [7, 11) is 0. The zero-order chi connectivity index (χ0) is 14.8. The van der Waals surface area contributed by atoms with E-state index < -0.39 is 0 Å². The van der Waals surface area contributed by atoms with Gasteiger partial charge in [-0.3, -0.25) is 4.79 Å². The minimum atomic E-state index is -0.0522. The highest BCUT2D eigenvalue weighted by Crippen LogP contribution is 2.34. The SMILES string of the molecule is CC(C)(C)CC(N)CC(=O)NCC1Cc2ccccc21. The number of fused-ring (bicyclic) bond motifs is 1. The van der Waals surface area contributed by atoms with Crippen LogP contribution >= 0.6 is 0 Å². The zero-order valence-corrected chi connectivity index (χ0v) is 12.8. The molecule has 3 N–H and O–H groups in total. The van der Waals surface area contributed by atoms with E-state index in [0.29, 0.717) is 12.3 Å². The van der Waals surface area contributed by atoms with Gasteiger partial charge in [0.15, 0.2) is 0 Å². The van der Waals surface area contributed by atoms with E-state index in [2.05, 4.69) is 50.4 Å². The van der Waals surface area contributed by atoms with Crippen LogP contribution in [-0.2, 0) is 11.2 Å². The lowest BCUT2D eigenvalue weighted by Gasteiger charge is -2.30. The van der Waals surface area contributed by atoms with Crippen LogP contribution in [0.4, 0.5) is 0 Å².